The lowest BCUT2D eigenvalue weighted by Gasteiger charge is -2.19. The SMILES string of the molecule is OC(CC1c2ccccc2-c2cncn21)c1ccc2oc3ccccc3c2c1. The summed E-state index contributed by atoms with van der Waals surface area (Å²) >= 11 is 0. The van der Waals surface area contributed by atoms with Gasteiger partial charge in [-0.25, -0.2) is 4.98 Å². The number of aromatic nitrogens is 2. The fourth-order valence-corrected chi connectivity index (χ4v) is 4.47. The standard InChI is InChI=1S/C24H18N2O2/c27-22(12-20-16-5-1-2-6-17(16)21-13-25-14-26(20)21)15-9-10-24-19(11-15)18-7-3-4-8-23(18)28-24/h1-11,13-14,20,22,27H,12H2. The molecule has 0 aliphatic carbocycles. The molecule has 28 heavy (non-hydrogen) atoms. The van der Waals surface area contributed by atoms with Gasteiger partial charge in [-0.3, -0.25) is 0 Å². The molecule has 0 saturated carbocycles. The fourth-order valence-electron chi connectivity index (χ4n) is 4.47. The van der Waals surface area contributed by atoms with Crippen molar-refractivity contribution < 1.29 is 9.52 Å². The van der Waals surface area contributed by atoms with E-state index >= 15 is 0 Å². The maximum atomic E-state index is 11.1. The van der Waals surface area contributed by atoms with Crippen LogP contribution < -0.4 is 0 Å². The maximum Gasteiger partial charge on any atom is 0.135 e. The number of rotatable bonds is 3. The van der Waals surface area contributed by atoms with Crippen molar-refractivity contribution in [3.8, 4) is 11.3 Å². The van der Waals surface area contributed by atoms with Crippen LogP contribution in [0.1, 0.15) is 29.7 Å². The van der Waals surface area contributed by atoms with Crippen molar-refractivity contribution in [2.45, 2.75) is 18.6 Å². The minimum atomic E-state index is -0.579. The zero-order chi connectivity index (χ0) is 18.7. The molecule has 0 saturated heterocycles. The number of para-hydroxylation sites is 1. The Morgan fingerprint density at radius 2 is 1.79 bits per heavy atom. The van der Waals surface area contributed by atoms with Crippen LogP contribution in [0.2, 0.25) is 0 Å². The molecule has 0 spiro atoms. The monoisotopic (exact) mass is 366 g/mol. The van der Waals surface area contributed by atoms with Gasteiger partial charge in [0.2, 0.25) is 0 Å². The Hall–Kier alpha value is -3.37. The van der Waals surface area contributed by atoms with Crippen molar-refractivity contribution in [2.75, 3.05) is 0 Å². The lowest BCUT2D eigenvalue weighted by molar-refractivity contribution is 0.154. The van der Waals surface area contributed by atoms with Crippen LogP contribution in [0.25, 0.3) is 33.2 Å². The summed E-state index contributed by atoms with van der Waals surface area (Å²) in [5.41, 5.74) is 6.19. The van der Waals surface area contributed by atoms with Crippen molar-refractivity contribution in [3.63, 3.8) is 0 Å². The molecule has 2 unspecified atom stereocenters. The topological polar surface area (TPSA) is 51.2 Å². The van der Waals surface area contributed by atoms with Crippen LogP contribution in [-0.2, 0) is 0 Å². The molecule has 4 nitrogen and oxygen atoms in total. The van der Waals surface area contributed by atoms with Crippen molar-refractivity contribution in [1.29, 1.82) is 0 Å². The second-order valence-corrected chi connectivity index (χ2v) is 7.39. The number of fused-ring (bicyclic) bond motifs is 6. The van der Waals surface area contributed by atoms with Gasteiger partial charge in [0.1, 0.15) is 11.2 Å². The molecule has 1 aliphatic heterocycles. The number of aliphatic hydroxyl groups excluding tert-OH is 1. The zero-order valence-electron chi connectivity index (χ0n) is 15.1. The molecule has 0 amide bonds. The van der Waals surface area contributed by atoms with Crippen LogP contribution in [-0.4, -0.2) is 14.7 Å². The first-order chi connectivity index (χ1) is 13.8. The average Bonchev–Trinajstić information content (AvgIpc) is 3.42. The van der Waals surface area contributed by atoms with Crippen LogP contribution in [0.3, 0.4) is 0 Å². The predicted molar refractivity (Wildman–Crippen MR) is 109 cm³/mol. The number of furan rings is 1. The molecule has 136 valence electrons. The Bertz CT molecular complexity index is 1330. The van der Waals surface area contributed by atoms with Crippen LogP contribution >= 0.6 is 0 Å². The van der Waals surface area contributed by atoms with Crippen LogP contribution in [0.15, 0.2) is 83.7 Å². The van der Waals surface area contributed by atoms with E-state index in [0.717, 1.165) is 33.2 Å². The molecule has 6 rings (SSSR count). The van der Waals surface area contributed by atoms with Crippen LogP contribution in [0.4, 0.5) is 0 Å². The summed E-state index contributed by atoms with van der Waals surface area (Å²) in [6.07, 6.45) is 3.78. The number of imidazole rings is 1. The summed E-state index contributed by atoms with van der Waals surface area (Å²) < 4.78 is 8.08. The van der Waals surface area contributed by atoms with E-state index in [0.29, 0.717) is 6.42 Å². The highest BCUT2D eigenvalue weighted by Gasteiger charge is 2.30. The molecule has 0 bridgehead atoms. The minimum absolute atomic E-state index is 0.0838. The first-order valence-electron chi connectivity index (χ1n) is 9.50. The Kier molecular flexibility index (Phi) is 3.25. The second kappa shape index (κ2) is 5.81. The predicted octanol–water partition coefficient (Wildman–Crippen LogP) is 5.48. The Labute approximate surface area is 161 Å². The zero-order valence-corrected chi connectivity index (χ0v) is 15.1. The van der Waals surface area contributed by atoms with Crippen molar-refractivity contribution in [3.05, 3.63) is 90.4 Å². The highest BCUT2D eigenvalue weighted by Crippen LogP contribution is 2.43. The summed E-state index contributed by atoms with van der Waals surface area (Å²) in [5.74, 6) is 0. The van der Waals surface area contributed by atoms with E-state index in [1.54, 1.807) is 0 Å². The lowest BCUT2D eigenvalue weighted by atomic mass is 9.95. The van der Waals surface area contributed by atoms with E-state index in [4.69, 9.17) is 4.42 Å². The summed E-state index contributed by atoms with van der Waals surface area (Å²) in [5, 5.41) is 13.2. The van der Waals surface area contributed by atoms with Gasteiger partial charge in [-0.15, -0.1) is 0 Å². The Morgan fingerprint density at radius 3 is 2.75 bits per heavy atom. The third-order valence-corrected chi connectivity index (χ3v) is 5.83. The van der Waals surface area contributed by atoms with Crippen LogP contribution in [0.5, 0.6) is 0 Å². The van der Waals surface area contributed by atoms with Gasteiger partial charge in [0.15, 0.2) is 0 Å². The first kappa shape index (κ1) is 15.7. The summed E-state index contributed by atoms with van der Waals surface area (Å²) in [4.78, 5) is 4.31. The molecular formula is C24H18N2O2. The van der Waals surface area contributed by atoms with Gasteiger partial charge in [0, 0.05) is 22.8 Å². The molecule has 0 fully saturated rings. The number of hydrogen-bond acceptors (Lipinski definition) is 3. The lowest BCUT2D eigenvalue weighted by Crippen LogP contribution is -2.10. The van der Waals surface area contributed by atoms with Gasteiger partial charge in [-0.05, 0) is 29.3 Å². The maximum absolute atomic E-state index is 11.1. The molecule has 0 radical (unpaired) electrons. The van der Waals surface area contributed by atoms with E-state index in [-0.39, 0.29) is 6.04 Å². The summed E-state index contributed by atoms with van der Waals surface area (Å²) in [6.45, 7) is 0. The van der Waals surface area contributed by atoms with E-state index < -0.39 is 6.10 Å². The first-order valence-corrected chi connectivity index (χ1v) is 9.50. The fraction of sp³-hybridized carbons (Fsp3) is 0.125. The number of benzene rings is 3. The van der Waals surface area contributed by atoms with E-state index in [1.165, 1.54) is 11.1 Å². The van der Waals surface area contributed by atoms with Gasteiger partial charge < -0.3 is 14.1 Å². The highest BCUT2D eigenvalue weighted by atomic mass is 16.3. The second-order valence-electron chi connectivity index (χ2n) is 7.39. The highest BCUT2D eigenvalue weighted by molar-refractivity contribution is 6.05. The third-order valence-electron chi connectivity index (χ3n) is 5.83. The van der Waals surface area contributed by atoms with Crippen molar-refractivity contribution in [2.24, 2.45) is 0 Å². The van der Waals surface area contributed by atoms with Crippen molar-refractivity contribution in [1.82, 2.24) is 9.55 Å². The summed E-state index contributed by atoms with van der Waals surface area (Å²) in [6, 6.07) is 22.5. The van der Waals surface area contributed by atoms with E-state index in [9.17, 15) is 5.11 Å². The van der Waals surface area contributed by atoms with Gasteiger partial charge in [-0.1, -0.05) is 48.5 Å². The van der Waals surface area contributed by atoms with Gasteiger partial charge in [-0.2, -0.15) is 0 Å². The van der Waals surface area contributed by atoms with E-state index in [1.807, 2.05) is 48.9 Å². The molecular weight excluding hydrogens is 348 g/mol. The summed E-state index contributed by atoms with van der Waals surface area (Å²) in [7, 11) is 0. The smallest absolute Gasteiger partial charge is 0.135 e. The molecule has 3 aromatic carbocycles. The molecule has 1 N–H and O–H groups in total. The average molecular weight is 366 g/mol. The normalized spacial score (nSPS) is 16.4. The molecule has 2 aromatic heterocycles. The number of aliphatic hydroxyl groups is 1. The Balaban J connectivity index is 1.39. The van der Waals surface area contributed by atoms with Gasteiger partial charge >= 0.3 is 0 Å². The largest absolute Gasteiger partial charge is 0.456 e. The van der Waals surface area contributed by atoms with E-state index in [2.05, 4.69) is 39.9 Å². The molecule has 3 heterocycles. The molecule has 2 atom stereocenters. The molecule has 5 aromatic rings. The molecule has 1 aliphatic rings. The van der Waals surface area contributed by atoms with Gasteiger partial charge in [0.05, 0.1) is 30.4 Å². The molecule has 4 heteroatoms. The Morgan fingerprint density at radius 1 is 0.964 bits per heavy atom. The van der Waals surface area contributed by atoms with Crippen LogP contribution in [0, 0.1) is 0 Å². The number of hydrogen-bond donors (Lipinski definition) is 1. The number of nitrogens with zero attached hydrogens (tertiary/aromatic N) is 2. The van der Waals surface area contributed by atoms with Gasteiger partial charge in [0.25, 0.3) is 0 Å². The third kappa shape index (κ3) is 2.18. The quantitative estimate of drug-likeness (QED) is 0.460. The minimum Gasteiger partial charge on any atom is -0.456 e. The van der Waals surface area contributed by atoms with Crippen molar-refractivity contribution >= 4 is 21.9 Å².